The largest absolute Gasteiger partial charge is 0.480 e. The summed E-state index contributed by atoms with van der Waals surface area (Å²) in [5, 5.41) is 14.0. The lowest BCUT2D eigenvalue weighted by Gasteiger charge is -2.24. The summed E-state index contributed by atoms with van der Waals surface area (Å²) in [6, 6.07) is 5.88. The summed E-state index contributed by atoms with van der Waals surface area (Å²) in [5.74, 6) is -3.43. The quantitative estimate of drug-likeness (QED) is 0.342. The van der Waals surface area contributed by atoms with E-state index in [1.165, 1.54) is 0 Å². The highest BCUT2D eigenvalue weighted by Crippen LogP contribution is 2.08. The van der Waals surface area contributed by atoms with Crippen molar-refractivity contribution < 1.29 is 24.3 Å². The van der Waals surface area contributed by atoms with Gasteiger partial charge in [-0.05, 0) is 24.3 Å². The lowest BCUT2D eigenvalue weighted by Crippen LogP contribution is -2.55. The number of nitrogens with one attached hydrogen (secondary N) is 2. The van der Waals surface area contributed by atoms with Crippen LogP contribution in [0.3, 0.4) is 0 Å². The van der Waals surface area contributed by atoms with E-state index in [0.29, 0.717) is 6.42 Å². The third-order valence-corrected chi connectivity index (χ3v) is 4.00. The monoisotopic (exact) mass is 392 g/mol. The van der Waals surface area contributed by atoms with Crippen molar-refractivity contribution in [2.24, 2.45) is 17.4 Å². The third-order valence-electron chi connectivity index (χ3n) is 4.00. The van der Waals surface area contributed by atoms with Gasteiger partial charge in [0.25, 0.3) is 0 Å². The molecule has 0 saturated heterocycles. The number of nitrogens with two attached hydrogens (primary N) is 2. The van der Waals surface area contributed by atoms with Crippen molar-refractivity contribution in [1.82, 2.24) is 10.6 Å². The molecule has 7 N–H and O–H groups in total. The number of amides is 3. The lowest BCUT2D eigenvalue weighted by molar-refractivity contribution is -0.143. The Morgan fingerprint density at radius 2 is 1.57 bits per heavy atom. The topological polar surface area (TPSA) is 165 Å². The van der Waals surface area contributed by atoms with Crippen LogP contribution in [0.5, 0.6) is 0 Å². The van der Waals surface area contributed by atoms with Crippen molar-refractivity contribution in [1.29, 1.82) is 0 Å². The molecule has 0 aliphatic rings. The van der Waals surface area contributed by atoms with E-state index in [0.717, 1.165) is 5.56 Å². The Morgan fingerprint density at radius 1 is 1.00 bits per heavy atom. The normalized spacial score (nSPS) is 14.0. The molecule has 1 aromatic carbocycles. The summed E-state index contributed by atoms with van der Waals surface area (Å²) in [7, 11) is 0. The van der Waals surface area contributed by atoms with E-state index in [4.69, 9.17) is 16.6 Å². The maximum Gasteiger partial charge on any atom is 0.326 e. The van der Waals surface area contributed by atoms with Gasteiger partial charge in [-0.2, -0.15) is 0 Å². The van der Waals surface area contributed by atoms with Crippen LogP contribution in [-0.2, 0) is 25.6 Å². The Bertz CT molecular complexity index is 693. The summed E-state index contributed by atoms with van der Waals surface area (Å²) >= 11 is 0. The van der Waals surface area contributed by atoms with Gasteiger partial charge in [0.05, 0.1) is 12.5 Å². The highest BCUT2D eigenvalue weighted by atomic mass is 16.4. The molecule has 0 bridgehead atoms. The third kappa shape index (κ3) is 8.17. The van der Waals surface area contributed by atoms with Crippen LogP contribution in [0.15, 0.2) is 30.3 Å². The number of rotatable bonds is 11. The number of carboxylic acids is 1. The van der Waals surface area contributed by atoms with Crippen LogP contribution < -0.4 is 22.1 Å². The molecule has 1 aromatic rings. The van der Waals surface area contributed by atoms with E-state index < -0.39 is 48.2 Å². The van der Waals surface area contributed by atoms with Crippen LogP contribution in [0.2, 0.25) is 0 Å². The molecule has 3 amide bonds. The van der Waals surface area contributed by atoms with Crippen molar-refractivity contribution in [3.63, 3.8) is 0 Å². The average Bonchev–Trinajstić information content (AvgIpc) is 2.60. The molecule has 154 valence electrons. The van der Waals surface area contributed by atoms with Gasteiger partial charge < -0.3 is 27.2 Å². The zero-order chi connectivity index (χ0) is 21.3. The van der Waals surface area contributed by atoms with Crippen LogP contribution in [0.1, 0.15) is 32.3 Å². The Kier molecular flexibility index (Phi) is 9.10. The molecule has 1 rings (SSSR count). The maximum absolute atomic E-state index is 12.5. The van der Waals surface area contributed by atoms with Gasteiger partial charge in [-0.15, -0.1) is 0 Å². The number of primary amides is 1. The summed E-state index contributed by atoms with van der Waals surface area (Å²) in [4.78, 5) is 47.2. The number of aliphatic carboxylic acids is 1. The van der Waals surface area contributed by atoms with Gasteiger partial charge in [0.1, 0.15) is 12.1 Å². The number of carbonyl (C=O) groups excluding carboxylic acids is 3. The van der Waals surface area contributed by atoms with E-state index >= 15 is 0 Å². The molecule has 0 aliphatic carbocycles. The van der Waals surface area contributed by atoms with E-state index in [9.17, 15) is 19.2 Å². The van der Waals surface area contributed by atoms with E-state index in [1.807, 2.05) is 44.2 Å². The van der Waals surface area contributed by atoms with Gasteiger partial charge in [0.2, 0.25) is 17.7 Å². The van der Waals surface area contributed by atoms with Crippen molar-refractivity contribution in [3.8, 4) is 0 Å². The zero-order valence-corrected chi connectivity index (χ0v) is 16.1. The molecule has 0 unspecified atom stereocenters. The number of carbonyl (C=O) groups is 4. The van der Waals surface area contributed by atoms with Gasteiger partial charge >= 0.3 is 5.97 Å². The smallest absolute Gasteiger partial charge is 0.326 e. The fourth-order valence-electron chi connectivity index (χ4n) is 2.62. The van der Waals surface area contributed by atoms with E-state index in [-0.39, 0.29) is 12.3 Å². The second kappa shape index (κ2) is 11.0. The SMILES string of the molecule is CC(C)C[C@H](NC(=O)[C@@H](N)Cc1ccccc1)C(=O)N[C@@H](CC(N)=O)C(=O)O. The molecule has 0 heterocycles. The van der Waals surface area contributed by atoms with Gasteiger partial charge in [-0.1, -0.05) is 44.2 Å². The molecule has 0 aliphatic heterocycles. The molecule has 0 saturated carbocycles. The molecule has 0 aromatic heterocycles. The van der Waals surface area contributed by atoms with E-state index in [2.05, 4.69) is 10.6 Å². The first kappa shape index (κ1) is 23.1. The summed E-state index contributed by atoms with van der Waals surface area (Å²) in [6.07, 6.45) is 0.0254. The minimum atomic E-state index is -1.46. The molecular formula is C19H28N4O5. The fraction of sp³-hybridized carbons (Fsp3) is 0.474. The maximum atomic E-state index is 12.5. The first-order valence-corrected chi connectivity index (χ1v) is 9.01. The minimum absolute atomic E-state index is 0.0424. The van der Waals surface area contributed by atoms with E-state index in [1.54, 1.807) is 0 Å². The number of carboxylic acid groups (broad SMARTS) is 1. The Labute approximate surface area is 163 Å². The summed E-state index contributed by atoms with van der Waals surface area (Å²) in [6.45, 7) is 3.71. The fourth-order valence-corrected chi connectivity index (χ4v) is 2.62. The molecule has 28 heavy (non-hydrogen) atoms. The van der Waals surface area contributed by atoms with Crippen LogP contribution in [-0.4, -0.2) is 46.9 Å². The van der Waals surface area contributed by atoms with Crippen LogP contribution in [0.4, 0.5) is 0 Å². The Hall–Kier alpha value is -2.94. The molecule has 0 radical (unpaired) electrons. The predicted octanol–water partition coefficient (Wildman–Crippen LogP) is -0.468. The van der Waals surface area contributed by atoms with Gasteiger partial charge in [-0.25, -0.2) is 4.79 Å². The molecular weight excluding hydrogens is 364 g/mol. The molecule has 3 atom stereocenters. The number of hydrogen-bond acceptors (Lipinski definition) is 5. The number of hydrogen-bond donors (Lipinski definition) is 5. The van der Waals surface area contributed by atoms with Crippen LogP contribution in [0, 0.1) is 5.92 Å². The minimum Gasteiger partial charge on any atom is -0.480 e. The van der Waals surface area contributed by atoms with Gasteiger partial charge in [0, 0.05) is 0 Å². The Balaban J connectivity index is 2.79. The molecule has 0 spiro atoms. The highest BCUT2D eigenvalue weighted by molar-refractivity contribution is 5.93. The standard InChI is InChI=1S/C19H28N4O5/c1-11(2)8-14(18(26)23-15(19(27)28)10-16(21)24)22-17(25)13(20)9-12-6-4-3-5-7-12/h3-7,11,13-15H,8-10,20H2,1-2H3,(H2,21,24)(H,22,25)(H,23,26)(H,27,28)/t13-,14-,15-/m0/s1. The first-order chi connectivity index (χ1) is 13.1. The number of benzene rings is 1. The first-order valence-electron chi connectivity index (χ1n) is 9.01. The van der Waals surface area contributed by atoms with Crippen molar-refractivity contribution in [2.45, 2.75) is 51.2 Å². The second-order valence-electron chi connectivity index (χ2n) is 7.06. The zero-order valence-electron chi connectivity index (χ0n) is 16.1. The molecule has 0 fully saturated rings. The molecule has 9 nitrogen and oxygen atoms in total. The van der Waals surface area contributed by atoms with Crippen molar-refractivity contribution in [2.75, 3.05) is 0 Å². The van der Waals surface area contributed by atoms with Crippen molar-refractivity contribution >= 4 is 23.7 Å². The predicted molar refractivity (Wildman–Crippen MR) is 103 cm³/mol. The van der Waals surface area contributed by atoms with Gasteiger partial charge in [-0.3, -0.25) is 14.4 Å². The highest BCUT2D eigenvalue weighted by Gasteiger charge is 2.29. The van der Waals surface area contributed by atoms with Crippen molar-refractivity contribution in [3.05, 3.63) is 35.9 Å². The lowest BCUT2D eigenvalue weighted by atomic mass is 10.0. The Morgan fingerprint density at radius 3 is 2.07 bits per heavy atom. The molecule has 9 heteroatoms. The average molecular weight is 392 g/mol. The van der Waals surface area contributed by atoms with Gasteiger partial charge in [0.15, 0.2) is 0 Å². The summed E-state index contributed by atoms with van der Waals surface area (Å²) < 4.78 is 0. The summed E-state index contributed by atoms with van der Waals surface area (Å²) in [5.41, 5.74) is 11.8. The second-order valence-corrected chi connectivity index (χ2v) is 7.06. The van der Waals surface area contributed by atoms with Crippen LogP contribution in [0.25, 0.3) is 0 Å². The van der Waals surface area contributed by atoms with Crippen LogP contribution >= 0.6 is 0 Å².